The standard InChI is InChI=1S/C9H9NO4/c1-14-9(13)6-4-5(8(11)12)2-3-7(6)10/h2-4H,10H2,1H3,(H,11,12)/p-1. The van der Waals surface area contributed by atoms with Crippen LogP contribution in [-0.2, 0) is 4.74 Å². The van der Waals surface area contributed by atoms with Gasteiger partial charge in [-0.2, -0.15) is 0 Å². The van der Waals surface area contributed by atoms with Crippen LogP contribution >= 0.6 is 0 Å². The van der Waals surface area contributed by atoms with Gasteiger partial charge in [-0.15, -0.1) is 0 Å². The summed E-state index contributed by atoms with van der Waals surface area (Å²) >= 11 is 0. The number of anilines is 1. The van der Waals surface area contributed by atoms with Gasteiger partial charge in [0.05, 0.1) is 18.6 Å². The summed E-state index contributed by atoms with van der Waals surface area (Å²) in [7, 11) is 1.19. The SMILES string of the molecule is COC(=O)c1cc(C(=O)[O-])ccc1N. The van der Waals surface area contributed by atoms with E-state index in [0.29, 0.717) is 0 Å². The summed E-state index contributed by atoms with van der Waals surface area (Å²) < 4.78 is 4.42. The summed E-state index contributed by atoms with van der Waals surface area (Å²) in [5, 5.41) is 10.5. The van der Waals surface area contributed by atoms with Gasteiger partial charge in [-0.05, 0) is 17.7 Å². The van der Waals surface area contributed by atoms with E-state index in [9.17, 15) is 14.7 Å². The van der Waals surface area contributed by atoms with Crippen LogP contribution in [0.5, 0.6) is 0 Å². The highest BCUT2D eigenvalue weighted by atomic mass is 16.5. The zero-order valence-corrected chi connectivity index (χ0v) is 7.44. The molecule has 0 bridgehead atoms. The monoisotopic (exact) mass is 194 g/mol. The maximum absolute atomic E-state index is 11.1. The number of ether oxygens (including phenoxy) is 1. The van der Waals surface area contributed by atoms with Crippen molar-refractivity contribution in [1.29, 1.82) is 0 Å². The number of aromatic carboxylic acids is 1. The Balaban J connectivity index is 3.21. The first kappa shape index (κ1) is 10.0. The minimum absolute atomic E-state index is 0.0224. The number of esters is 1. The van der Waals surface area contributed by atoms with Crippen molar-refractivity contribution in [1.82, 2.24) is 0 Å². The fourth-order valence-electron chi connectivity index (χ4n) is 0.970. The highest BCUT2D eigenvalue weighted by Crippen LogP contribution is 2.14. The predicted octanol–water partition coefficient (Wildman–Crippen LogP) is -0.581. The first-order chi connectivity index (χ1) is 6.56. The zero-order valence-electron chi connectivity index (χ0n) is 7.44. The van der Waals surface area contributed by atoms with Crippen LogP contribution in [0.4, 0.5) is 5.69 Å². The lowest BCUT2D eigenvalue weighted by atomic mass is 10.1. The van der Waals surface area contributed by atoms with Gasteiger partial charge in [0.1, 0.15) is 0 Å². The third kappa shape index (κ3) is 1.82. The number of rotatable bonds is 2. The zero-order chi connectivity index (χ0) is 10.7. The number of carboxylic acid groups (broad SMARTS) is 1. The Labute approximate surface area is 80.1 Å². The molecule has 5 nitrogen and oxygen atoms in total. The Bertz CT molecular complexity index is 386. The second-order valence-corrected chi connectivity index (χ2v) is 2.58. The molecule has 0 fully saturated rings. The van der Waals surface area contributed by atoms with E-state index < -0.39 is 11.9 Å². The summed E-state index contributed by atoms with van der Waals surface area (Å²) in [5.41, 5.74) is 5.53. The molecule has 0 atom stereocenters. The minimum atomic E-state index is -1.37. The van der Waals surface area contributed by atoms with E-state index in [0.717, 1.165) is 6.07 Å². The molecule has 0 aliphatic carbocycles. The first-order valence-corrected chi connectivity index (χ1v) is 3.75. The average molecular weight is 194 g/mol. The smallest absolute Gasteiger partial charge is 0.339 e. The van der Waals surface area contributed by atoms with Crippen molar-refractivity contribution in [3.8, 4) is 0 Å². The van der Waals surface area contributed by atoms with Crippen LogP contribution in [0.1, 0.15) is 20.7 Å². The molecule has 0 aliphatic heterocycles. The van der Waals surface area contributed by atoms with E-state index >= 15 is 0 Å². The second-order valence-electron chi connectivity index (χ2n) is 2.58. The molecule has 0 heterocycles. The molecule has 0 radical (unpaired) electrons. The van der Waals surface area contributed by atoms with Gasteiger partial charge in [-0.3, -0.25) is 0 Å². The van der Waals surface area contributed by atoms with E-state index in [1.807, 2.05) is 0 Å². The van der Waals surface area contributed by atoms with Gasteiger partial charge in [0.2, 0.25) is 0 Å². The van der Waals surface area contributed by atoms with Gasteiger partial charge in [0, 0.05) is 5.69 Å². The van der Waals surface area contributed by atoms with Gasteiger partial charge < -0.3 is 20.4 Å². The fourth-order valence-corrected chi connectivity index (χ4v) is 0.970. The number of methoxy groups -OCH3 is 1. The minimum Gasteiger partial charge on any atom is -0.545 e. The van der Waals surface area contributed by atoms with Crippen LogP contribution in [0.3, 0.4) is 0 Å². The molecular formula is C9H8NO4-. The third-order valence-electron chi connectivity index (χ3n) is 1.69. The van der Waals surface area contributed by atoms with Gasteiger partial charge >= 0.3 is 5.97 Å². The van der Waals surface area contributed by atoms with Gasteiger partial charge in [0.25, 0.3) is 0 Å². The van der Waals surface area contributed by atoms with Crippen molar-refractivity contribution >= 4 is 17.6 Å². The predicted molar refractivity (Wildman–Crippen MR) is 46.5 cm³/mol. The Morgan fingerprint density at radius 1 is 1.43 bits per heavy atom. The van der Waals surface area contributed by atoms with Gasteiger partial charge in [0.15, 0.2) is 0 Å². The van der Waals surface area contributed by atoms with Crippen molar-refractivity contribution in [2.75, 3.05) is 12.8 Å². The van der Waals surface area contributed by atoms with Gasteiger partial charge in [-0.1, -0.05) is 6.07 Å². The largest absolute Gasteiger partial charge is 0.545 e. The number of nitrogens with two attached hydrogens (primary N) is 1. The Morgan fingerprint density at radius 3 is 2.57 bits per heavy atom. The number of hydrogen-bond acceptors (Lipinski definition) is 5. The molecule has 5 heteroatoms. The van der Waals surface area contributed by atoms with Crippen molar-refractivity contribution in [2.45, 2.75) is 0 Å². The summed E-state index contributed by atoms with van der Waals surface area (Å²) in [4.78, 5) is 21.6. The third-order valence-corrected chi connectivity index (χ3v) is 1.69. The quantitative estimate of drug-likeness (QED) is 0.502. The Kier molecular flexibility index (Phi) is 2.71. The molecule has 0 spiro atoms. The topological polar surface area (TPSA) is 92.5 Å². The first-order valence-electron chi connectivity index (χ1n) is 3.75. The van der Waals surface area contributed by atoms with E-state index in [1.54, 1.807) is 0 Å². The molecule has 0 aliphatic rings. The molecule has 74 valence electrons. The Morgan fingerprint density at radius 2 is 2.07 bits per heavy atom. The Hall–Kier alpha value is -2.04. The van der Waals surface area contributed by atoms with E-state index in [4.69, 9.17) is 5.73 Å². The van der Waals surface area contributed by atoms with E-state index in [1.165, 1.54) is 19.2 Å². The number of benzene rings is 1. The molecular weight excluding hydrogens is 186 g/mol. The summed E-state index contributed by atoms with van der Waals surface area (Å²) in [5.74, 6) is -2.04. The van der Waals surface area contributed by atoms with Crippen LogP contribution in [0.25, 0.3) is 0 Å². The maximum Gasteiger partial charge on any atom is 0.339 e. The number of carbonyl (C=O) groups is 2. The maximum atomic E-state index is 11.1. The lowest BCUT2D eigenvalue weighted by molar-refractivity contribution is -0.255. The molecule has 0 unspecified atom stereocenters. The lowest BCUT2D eigenvalue weighted by Gasteiger charge is -2.07. The second kappa shape index (κ2) is 3.78. The average Bonchev–Trinajstić information content (AvgIpc) is 2.17. The molecule has 2 N–H and O–H groups in total. The van der Waals surface area contributed by atoms with Crippen LogP contribution < -0.4 is 10.8 Å². The number of carbonyl (C=O) groups excluding carboxylic acids is 2. The lowest BCUT2D eigenvalue weighted by Crippen LogP contribution is -2.22. The van der Waals surface area contributed by atoms with Crippen LogP contribution in [0.2, 0.25) is 0 Å². The van der Waals surface area contributed by atoms with Gasteiger partial charge in [-0.25, -0.2) is 4.79 Å². The molecule has 1 aromatic rings. The molecule has 1 rings (SSSR count). The molecule has 0 saturated heterocycles. The summed E-state index contributed by atoms with van der Waals surface area (Å²) in [6.07, 6.45) is 0. The molecule has 0 amide bonds. The van der Waals surface area contributed by atoms with Crippen molar-refractivity contribution in [3.05, 3.63) is 29.3 Å². The number of nitrogen functional groups attached to an aromatic ring is 1. The van der Waals surface area contributed by atoms with E-state index in [-0.39, 0.29) is 16.8 Å². The summed E-state index contributed by atoms with van der Waals surface area (Å²) in [6, 6.07) is 3.70. The van der Waals surface area contributed by atoms with Crippen molar-refractivity contribution in [3.63, 3.8) is 0 Å². The number of carboxylic acids is 1. The number of hydrogen-bond donors (Lipinski definition) is 1. The van der Waals surface area contributed by atoms with Crippen molar-refractivity contribution < 1.29 is 19.4 Å². The normalized spacial score (nSPS) is 9.50. The molecule has 0 aromatic heterocycles. The summed E-state index contributed by atoms with van der Waals surface area (Å²) in [6.45, 7) is 0. The van der Waals surface area contributed by atoms with Crippen molar-refractivity contribution in [2.24, 2.45) is 0 Å². The fraction of sp³-hybridized carbons (Fsp3) is 0.111. The molecule has 0 saturated carbocycles. The van der Waals surface area contributed by atoms with Crippen LogP contribution in [-0.4, -0.2) is 19.0 Å². The van der Waals surface area contributed by atoms with Crippen LogP contribution in [0, 0.1) is 0 Å². The molecule has 14 heavy (non-hydrogen) atoms. The van der Waals surface area contributed by atoms with E-state index in [2.05, 4.69) is 4.74 Å². The highest BCUT2D eigenvalue weighted by Gasteiger charge is 2.10. The highest BCUT2D eigenvalue weighted by molar-refractivity contribution is 5.98. The molecule has 1 aromatic carbocycles. The van der Waals surface area contributed by atoms with Crippen LogP contribution in [0.15, 0.2) is 18.2 Å².